The molecule has 1 heterocycles. The Hall–Kier alpha value is -2.95. The summed E-state index contributed by atoms with van der Waals surface area (Å²) in [5.74, 6) is -3.19. The van der Waals surface area contributed by atoms with Crippen molar-refractivity contribution in [3.63, 3.8) is 0 Å². The van der Waals surface area contributed by atoms with Crippen molar-refractivity contribution in [1.82, 2.24) is 25.9 Å². The molecule has 1 rings (SSSR count). The van der Waals surface area contributed by atoms with Crippen LogP contribution in [0.15, 0.2) is 12.5 Å². The van der Waals surface area contributed by atoms with E-state index in [1.807, 2.05) is 13.8 Å². The van der Waals surface area contributed by atoms with Crippen LogP contribution in [0.4, 0.5) is 0 Å². The number of carboxylic acids is 1. The van der Waals surface area contributed by atoms with Gasteiger partial charge in [0, 0.05) is 18.3 Å². The van der Waals surface area contributed by atoms with Gasteiger partial charge in [0.2, 0.25) is 17.7 Å². The highest BCUT2D eigenvalue weighted by Crippen LogP contribution is 2.09. The Kier molecular flexibility index (Phi) is 11.0. The van der Waals surface area contributed by atoms with E-state index in [0.29, 0.717) is 12.1 Å². The molecule has 1 aromatic rings. The second-order valence-electron chi connectivity index (χ2n) is 9.38. The number of hydrogen-bond acceptors (Lipinski definition) is 6. The standard InChI is InChI=1S/C22H38N6O5/c1-11(2)7-15(23)19(29)27-18(13(5)6)21(31)28-17(12(3)4)20(30)26-16(22(32)33)8-14-9-24-10-25-14/h9-13,15-18H,7-8,23H2,1-6H3,(H,24,25)(H,26,30)(H,27,29)(H,28,31)(H,32,33). The molecule has 7 N–H and O–H groups in total. The number of aliphatic carboxylic acids is 1. The van der Waals surface area contributed by atoms with Gasteiger partial charge in [0.15, 0.2) is 0 Å². The minimum atomic E-state index is -1.21. The number of rotatable bonds is 13. The van der Waals surface area contributed by atoms with E-state index >= 15 is 0 Å². The number of amides is 3. The number of carbonyl (C=O) groups excluding carboxylic acids is 3. The summed E-state index contributed by atoms with van der Waals surface area (Å²) in [6, 6.07) is -3.85. The molecule has 0 fully saturated rings. The lowest BCUT2D eigenvalue weighted by Crippen LogP contribution is -2.59. The molecule has 0 spiro atoms. The van der Waals surface area contributed by atoms with E-state index in [4.69, 9.17) is 5.73 Å². The average molecular weight is 467 g/mol. The summed E-state index contributed by atoms with van der Waals surface area (Å²) in [6.45, 7) is 10.9. The van der Waals surface area contributed by atoms with Crippen molar-refractivity contribution < 1.29 is 24.3 Å². The molecule has 33 heavy (non-hydrogen) atoms. The molecule has 0 radical (unpaired) electrons. The highest BCUT2D eigenvalue weighted by molar-refractivity contribution is 5.94. The predicted molar refractivity (Wildman–Crippen MR) is 123 cm³/mol. The first-order valence-electron chi connectivity index (χ1n) is 11.2. The van der Waals surface area contributed by atoms with Crippen molar-refractivity contribution >= 4 is 23.7 Å². The number of nitrogens with one attached hydrogen (secondary N) is 4. The van der Waals surface area contributed by atoms with E-state index in [-0.39, 0.29) is 24.2 Å². The fraction of sp³-hybridized carbons (Fsp3) is 0.682. The number of aromatic nitrogens is 2. The Morgan fingerprint density at radius 3 is 1.88 bits per heavy atom. The summed E-state index contributed by atoms with van der Waals surface area (Å²) in [4.78, 5) is 56.6. The van der Waals surface area contributed by atoms with Gasteiger partial charge in [-0.2, -0.15) is 0 Å². The molecule has 3 amide bonds. The predicted octanol–water partition coefficient (Wildman–Crippen LogP) is 0.177. The summed E-state index contributed by atoms with van der Waals surface area (Å²) in [5, 5.41) is 17.3. The molecular formula is C22H38N6O5. The van der Waals surface area contributed by atoms with Gasteiger partial charge < -0.3 is 31.8 Å². The molecule has 0 aliphatic carbocycles. The topological polar surface area (TPSA) is 179 Å². The molecule has 0 bridgehead atoms. The highest BCUT2D eigenvalue weighted by Gasteiger charge is 2.33. The van der Waals surface area contributed by atoms with Gasteiger partial charge in [0.25, 0.3) is 0 Å². The summed E-state index contributed by atoms with van der Waals surface area (Å²) in [6.07, 6.45) is 3.38. The first-order valence-corrected chi connectivity index (χ1v) is 11.2. The van der Waals surface area contributed by atoms with Gasteiger partial charge in [-0.05, 0) is 24.2 Å². The number of imidazole rings is 1. The second kappa shape index (κ2) is 12.9. The third-order valence-corrected chi connectivity index (χ3v) is 5.15. The summed E-state index contributed by atoms with van der Waals surface area (Å²) in [5.41, 5.74) is 6.48. The zero-order valence-corrected chi connectivity index (χ0v) is 20.2. The van der Waals surface area contributed by atoms with E-state index in [2.05, 4.69) is 25.9 Å². The van der Waals surface area contributed by atoms with Gasteiger partial charge in [-0.25, -0.2) is 9.78 Å². The second-order valence-corrected chi connectivity index (χ2v) is 9.38. The number of carbonyl (C=O) groups is 4. The van der Waals surface area contributed by atoms with Crippen LogP contribution in [0, 0.1) is 17.8 Å². The molecule has 0 aliphatic heterocycles. The van der Waals surface area contributed by atoms with Gasteiger partial charge in [-0.15, -0.1) is 0 Å². The van der Waals surface area contributed by atoms with Crippen LogP contribution in [0.3, 0.4) is 0 Å². The van der Waals surface area contributed by atoms with Crippen LogP contribution in [0.25, 0.3) is 0 Å². The number of nitrogens with zero attached hydrogens (tertiary/aromatic N) is 1. The van der Waals surface area contributed by atoms with Gasteiger partial charge >= 0.3 is 5.97 Å². The maximum Gasteiger partial charge on any atom is 0.326 e. The van der Waals surface area contributed by atoms with Crippen molar-refractivity contribution in [2.75, 3.05) is 0 Å². The van der Waals surface area contributed by atoms with Crippen molar-refractivity contribution in [3.8, 4) is 0 Å². The number of H-pyrrole nitrogens is 1. The Morgan fingerprint density at radius 2 is 1.45 bits per heavy atom. The molecule has 0 saturated heterocycles. The average Bonchev–Trinajstić information content (AvgIpc) is 3.21. The Balaban J connectivity index is 2.89. The third kappa shape index (κ3) is 9.21. The number of carboxylic acid groups (broad SMARTS) is 1. The molecule has 11 nitrogen and oxygen atoms in total. The van der Waals surface area contributed by atoms with Crippen molar-refractivity contribution in [2.24, 2.45) is 23.5 Å². The van der Waals surface area contributed by atoms with Gasteiger partial charge in [0.1, 0.15) is 18.1 Å². The smallest absolute Gasteiger partial charge is 0.326 e. The van der Waals surface area contributed by atoms with Crippen LogP contribution < -0.4 is 21.7 Å². The molecule has 11 heteroatoms. The molecule has 0 aromatic carbocycles. The van der Waals surface area contributed by atoms with Crippen LogP contribution in [-0.2, 0) is 25.6 Å². The molecule has 0 saturated carbocycles. The van der Waals surface area contributed by atoms with Crippen LogP contribution in [-0.4, -0.2) is 62.9 Å². The van der Waals surface area contributed by atoms with E-state index in [1.165, 1.54) is 12.5 Å². The molecule has 186 valence electrons. The lowest BCUT2D eigenvalue weighted by atomic mass is 9.98. The van der Waals surface area contributed by atoms with Gasteiger partial charge in [-0.3, -0.25) is 14.4 Å². The van der Waals surface area contributed by atoms with E-state index in [0.717, 1.165) is 0 Å². The number of aromatic amines is 1. The third-order valence-electron chi connectivity index (χ3n) is 5.15. The van der Waals surface area contributed by atoms with Crippen molar-refractivity contribution in [2.45, 2.75) is 78.6 Å². The van der Waals surface area contributed by atoms with Crippen LogP contribution in [0.5, 0.6) is 0 Å². The zero-order chi connectivity index (χ0) is 25.3. The van der Waals surface area contributed by atoms with E-state index < -0.39 is 47.9 Å². The minimum Gasteiger partial charge on any atom is -0.480 e. The molecule has 4 atom stereocenters. The summed E-state index contributed by atoms with van der Waals surface area (Å²) in [7, 11) is 0. The molecule has 0 aliphatic rings. The molecular weight excluding hydrogens is 428 g/mol. The Labute approximate surface area is 194 Å². The maximum absolute atomic E-state index is 13.0. The van der Waals surface area contributed by atoms with Crippen LogP contribution in [0.2, 0.25) is 0 Å². The normalized spacial score (nSPS) is 15.1. The lowest BCUT2D eigenvalue weighted by molar-refractivity contribution is -0.142. The fourth-order valence-corrected chi connectivity index (χ4v) is 3.27. The monoisotopic (exact) mass is 466 g/mol. The first kappa shape index (κ1) is 28.1. The van der Waals surface area contributed by atoms with Crippen LogP contribution in [0.1, 0.15) is 53.7 Å². The van der Waals surface area contributed by atoms with Crippen molar-refractivity contribution in [1.29, 1.82) is 0 Å². The SMILES string of the molecule is CC(C)CC(N)C(=O)NC(C(=O)NC(C(=O)NC(Cc1cnc[nH]1)C(=O)O)C(C)C)C(C)C. The molecule has 4 unspecified atom stereocenters. The summed E-state index contributed by atoms with van der Waals surface area (Å²) < 4.78 is 0. The number of hydrogen-bond donors (Lipinski definition) is 6. The van der Waals surface area contributed by atoms with Gasteiger partial charge in [-0.1, -0.05) is 41.5 Å². The first-order chi connectivity index (χ1) is 15.3. The molecule has 1 aromatic heterocycles. The lowest BCUT2D eigenvalue weighted by Gasteiger charge is -2.28. The van der Waals surface area contributed by atoms with Gasteiger partial charge in [0.05, 0.1) is 12.4 Å². The zero-order valence-electron chi connectivity index (χ0n) is 20.2. The number of nitrogens with two attached hydrogens (primary N) is 1. The fourth-order valence-electron chi connectivity index (χ4n) is 3.27. The summed E-state index contributed by atoms with van der Waals surface area (Å²) >= 11 is 0. The largest absolute Gasteiger partial charge is 0.480 e. The Bertz CT molecular complexity index is 793. The maximum atomic E-state index is 13.0. The highest BCUT2D eigenvalue weighted by atomic mass is 16.4. The Morgan fingerprint density at radius 1 is 0.939 bits per heavy atom. The van der Waals surface area contributed by atoms with Crippen molar-refractivity contribution in [3.05, 3.63) is 18.2 Å². The van der Waals surface area contributed by atoms with E-state index in [1.54, 1.807) is 27.7 Å². The van der Waals surface area contributed by atoms with Crippen LogP contribution >= 0.6 is 0 Å². The quantitative estimate of drug-likeness (QED) is 0.240. The van der Waals surface area contributed by atoms with E-state index in [9.17, 15) is 24.3 Å². The minimum absolute atomic E-state index is 0.0122.